The van der Waals surface area contributed by atoms with Crippen LogP contribution in [-0.4, -0.2) is 12.1 Å². The number of pyridine rings is 1. The number of methoxy groups -OCH3 is 1. The highest BCUT2D eigenvalue weighted by Crippen LogP contribution is 2.31. The molecule has 106 valence electrons. The van der Waals surface area contributed by atoms with Gasteiger partial charge in [-0.1, -0.05) is 15.9 Å². The number of halogens is 1. The maximum Gasteiger partial charge on any atom is 0.122 e. The number of anilines is 3. The number of aromatic nitrogens is 1. The van der Waals surface area contributed by atoms with Crippen molar-refractivity contribution in [1.82, 2.24) is 4.98 Å². The van der Waals surface area contributed by atoms with Gasteiger partial charge in [-0.2, -0.15) is 0 Å². The van der Waals surface area contributed by atoms with E-state index in [0.717, 1.165) is 38.2 Å². The molecule has 1 heterocycles. The first-order chi connectivity index (χ1) is 10.2. The SMILES string of the molecule is COc1cc(Br)cc(Nc2ccc(N)c3cccnc23)c1. The second kappa shape index (κ2) is 5.61. The number of rotatable bonds is 3. The molecular formula is C16H14BrN3O. The third kappa shape index (κ3) is 2.78. The quantitative estimate of drug-likeness (QED) is 0.694. The molecule has 0 fully saturated rings. The van der Waals surface area contributed by atoms with E-state index in [9.17, 15) is 0 Å². The maximum absolute atomic E-state index is 5.99. The van der Waals surface area contributed by atoms with Crippen LogP contribution in [0.4, 0.5) is 17.1 Å². The Labute approximate surface area is 131 Å². The minimum Gasteiger partial charge on any atom is -0.497 e. The van der Waals surface area contributed by atoms with Crippen LogP contribution in [0.1, 0.15) is 0 Å². The number of nitrogen functional groups attached to an aromatic ring is 1. The lowest BCUT2D eigenvalue weighted by molar-refractivity contribution is 0.415. The fourth-order valence-electron chi connectivity index (χ4n) is 2.20. The van der Waals surface area contributed by atoms with Gasteiger partial charge in [-0.3, -0.25) is 4.98 Å². The molecule has 0 unspecified atom stereocenters. The third-order valence-corrected chi connectivity index (χ3v) is 3.65. The van der Waals surface area contributed by atoms with E-state index in [2.05, 4.69) is 26.2 Å². The van der Waals surface area contributed by atoms with Gasteiger partial charge in [0.2, 0.25) is 0 Å². The van der Waals surface area contributed by atoms with Gasteiger partial charge in [-0.25, -0.2) is 0 Å². The molecule has 0 bridgehead atoms. The van der Waals surface area contributed by atoms with Crippen LogP contribution in [0.3, 0.4) is 0 Å². The minimum atomic E-state index is 0.718. The lowest BCUT2D eigenvalue weighted by atomic mass is 10.1. The predicted molar refractivity (Wildman–Crippen MR) is 90.1 cm³/mol. The van der Waals surface area contributed by atoms with Crippen LogP contribution in [-0.2, 0) is 0 Å². The van der Waals surface area contributed by atoms with Gasteiger partial charge >= 0.3 is 0 Å². The molecule has 0 aliphatic carbocycles. The first-order valence-electron chi connectivity index (χ1n) is 6.42. The molecule has 3 aromatic rings. The summed E-state index contributed by atoms with van der Waals surface area (Å²) in [5.41, 5.74) is 9.37. The molecular weight excluding hydrogens is 330 g/mol. The van der Waals surface area contributed by atoms with Crippen molar-refractivity contribution in [3.05, 3.63) is 53.1 Å². The van der Waals surface area contributed by atoms with Crippen molar-refractivity contribution in [2.45, 2.75) is 0 Å². The summed E-state index contributed by atoms with van der Waals surface area (Å²) in [7, 11) is 1.64. The zero-order valence-electron chi connectivity index (χ0n) is 11.4. The Morgan fingerprint density at radius 3 is 2.86 bits per heavy atom. The van der Waals surface area contributed by atoms with Gasteiger partial charge in [0.05, 0.1) is 18.3 Å². The van der Waals surface area contributed by atoms with Crippen molar-refractivity contribution in [2.75, 3.05) is 18.2 Å². The summed E-state index contributed by atoms with van der Waals surface area (Å²) in [6.07, 6.45) is 1.76. The fraction of sp³-hybridized carbons (Fsp3) is 0.0625. The summed E-state index contributed by atoms with van der Waals surface area (Å²) in [6.45, 7) is 0. The van der Waals surface area contributed by atoms with Crippen molar-refractivity contribution < 1.29 is 4.74 Å². The van der Waals surface area contributed by atoms with Gasteiger partial charge < -0.3 is 15.8 Å². The summed E-state index contributed by atoms with van der Waals surface area (Å²) in [6, 6.07) is 13.5. The van der Waals surface area contributed by atoms with Gasteiger partial charge in [0, 0.05) is 33.5 Å². The molecule has 2 aromatic carbocycles. The Bertz CT molecular complexity index is 805. The van der Waals surface area contributed by atoms with E-state index >= 15 is 0 Å². The van der Waals surface area contributed by atoms with Gasteiger partial charge in [-0.15, -0.1) is 0 Å². The number of hydrogen-bond donors (Lipinski definition) is 2. The molecule has 0 atom stereocenters. The van der Waals surface area contributed by atoms with Gasteiger partial charge in [0.1, 0.15) is 5.75 Å². The van der Waals surface area contributed by atoms with Crippen molar-refractivity contribution in [2.24, 2.45) is 0 Å². The molecule has 3 N–H and O–H groups in total. The van der Waals surface area contributed by atoms with Gasteiger partial charge in [0.25, 0.3) is 0 Å². The molecule has 0 spiro atoms. The molecule has 1 aromatic heterocycles. The largest absolute Gasteiger partial charge is 0.497 e. The van der Waals surface area contributed by atoms with E-state index in [-0.39, 0.29) is 0 Å². The van der Waals surface area contributed by atoms with Crippen molar-refractivity contribution in [3.63, 3.8) is 0 Å². The Kier molecular flexibility index (Phi) is 3.66. The van der Waals surface area contributed by atoms with Crippen molar-refractivity contribution in [3.8, 4) is 5.75 Å². The first-order valence-corrected chi connectivity index (χ1v) is 7.21. The Hall–Kier alpha value is -2.27. The highest BCUT2D eigenvalue weighted by molar-refractivity contribution is 9.10. The molecule has 3 rings (SSSR count). The third-order valence-electron chi connectivity index (χ3n) is 3.19. The second-order valence-electron chi connectivity index (χ2n) is 4.61. The molecule has 0 radical (unpaired) electrons. The van der Waals surface area contributed by atoms with Crippen LogP contribution < -0.4 is 15.8 Å². The highest BCUT2D eigenvalue weighted by Gasteiger charge is 2.06. The number of ether oxygens (including phenoxy) is 1. The summed E-state index contributed by atoms with van der Waals surface area (Å²) in [4.78, 5) is 4.42. The van der Waals surface area contributed by atoms with Gasteiger partial charge in [-0.05, 0) is 36.4 Å². The van der Waals surface area contributed by atoms with E-state index in [0.29, 0.717) is 0 Å². The maximum atomic E-state index is 5.99. The summed E-state index contributed by atoms with van der Waals surface area (Å²) < 4.78 is 6.22. The van der Waals surface area contributed by atoms with Crippen molar-refractivity contribution >= 4 is 43.9 Å². The number of hydrogen-bond acceptors (Lipinski definition) is 4. The van der Waals surface area contributed by atoms with Crippen LogP contribution in [0.5, 0.6) is 5.75 Å². The van der Waals surface area contributed by atoms with Crippen LogP contribution >= 0.6 is 15.9 Å². The molecule has 5 heteroatoms. The molecule has 4 nitrogen and oxygen atoms in total. The lowest BCUT2D eigenvalue weighted by Crippen LogP contribution is -1.96. The lowest BCUT2D eigenvalue weighted by Gasteiger charge is -2.12. The Morgan fingerprint density at radius 2 is 2.05 bits per heavy atom. The Balaban J connectivity index is 2.06. The Morgan fingerprint density at radius 1 is 1.19 bits per heavy atom. The number of fused-ring (bicyclic) bond motifs is 1. The highest BCUT2D eigenvalue weighted by atomic mass is 79.9. The molecule has 0 saturated carbocycles. The second-order valence-corrected chi connectivity index (χ2v) is 5.52. The molecule has 0 aliphatic rings. The van der Waals surface area contributed by atoms with Crippen molar-refractivity contribution in [1.29, 1.82) is 0 Å². The van der Waals surface area contributed by atoms with Crippen LogP contribution in [0.15, 0.2) is 53.1 Å². The molecule has 0 aliphatic heterocycles. The number of nitrogens with one attached hydrogen (secondary N) is 1. The summed E-state index contributed by atoms with van der Waals surface area (Å²) >= 11 is 3.47. The van der Waals surface area contributed by atoms with Crippen LogP contribution in [0.25, 0.3) is 10.9 Å². The van der Waals surface area contributed by atoms with E-state index in [1.165, 1.54) is 0 Å². The standard InChI is InChI=1S/C16H14BrN3O/c1-21-12-8-10(17)7-11(9-12)20-15-5-4-14(18)13-3-2-6-19-16(13)15/h2-9,20H,18H2,1H3. The summed E-state index contributed by atoms with van der Waals surface area (Å²) in [5.74, 6) is 0.777. The molecule has 0 saturated heterocycles. The average molecular weight is 344 g/mol. The van der Waals surface area contributed by atoms with Crippen LogP contribution in [0.2, 0.25) is 0 Å². The zero-order valence-corrected chi connectivity index (χ0v) is 13.0. The molecule has 0 amide bonds. The van der Waals surface area contributed by atoms with Gasteiger partial charge in [0.15, 0.2) is 0 Å². The predicted octanol–water partition coefficient (Wildman–Crippen LogP) is 4.33. The van der Waals surface area contributed by atoms with E-state index in [4.69, 9.17) is 10.5 Å². The fourth-order valence-corrected chi connectivity index (χ4v) is 2.68. The normalized spacial score (nSPS) is 10.6. The molecule has 21 heavy (non-hydrogen) atoms. The van der Waals surface area contributed by atoms with E-state index in [1.54, 1.807) is 13.3 Å². The average Bonchev–Trinajstić information content (AvgIpc) is 2.50. The van der Waals surface area contributed by atoms with E-state index < -0.39 is 0 Å². The number of benzene rings is 2. The van der Waals surface area contributed by atoms with E-state index in [1.807, 2.05) is 42.5 Å². The first kappa shape index (κ1) is 13.7. The number of nitrogens with two attached hydrogens (primary N) is 1. The van der Waals surface area contributed by atoms with Crippen LogP contribution in [0, 0.1) is 0 Å². The smallest absolute Gasteiger partial charge is 0.122 e. The zero-order chi connectivity index (χ0) is 14.8. The summed E-state index contributed by atoms with van der Waals surface area (Å²) in [5, 5.41) is 4.30. The monoisotopic (exact) mass is 343 g/mol. The number of nitrogens with zero attached hydrogens (tertiary/aromatic N) is 1. The minimum absolute atomic E-state index is 0.718. The topological polar surface area (TPSA) is 60.2 Å².